The van der Waals surface area contributed by atoms with Crippen LogP contribution in [0, 0.1) is 10.7 Å². The second-order valence-corrected chi connectivity index (χ2v) is 7.39. The summed E-state index contributed by atoms with van der Waals surface area (Å²) in [6.07, 6.45) is 0.951. The van der Waals surface area contributed by atoms with Crippen LogP contribution in [0.15, 0.2) is 53.3 Å². The molecule has 27 heavy (non-hydrogen) atoms. The minimum Gasteiger partial charge on any atom is -0.352 e. The summed E-state index contributed by atoms with van der Waals surface area (Å²) in [5.74, 6) is 0.472. The summed E-state index contributed by atoms with van der Waals surface area (Å²) in [4.78, 5) is 28.0. The van der Waals surface area contributed by atoms with Crippen LogP contribution < -0.4 is 10.9 Å². The molecule has 0 atom stereocenters. The number of nitrogens with zero attached hydrogens (tertiary/aromatic N) is 1. The van der Waals surface area contributed by atoms with E-state index >= 15 is 0 Å². The fourth-order valence-corrected chi connectivity index (χ4v) is 3.12. The number of para-hydroxylation sites is 1. The summed E-state index contributed by atoms with van der Waals surface area (Å²) in [6.45, 7) is 5.27. The molecule has 0 aliphatic heterocycles. The van der Waals surface area contributed by atoms with Crippen LogP contribution in [0.25, 0.3) is 10.9 Å². The quantitative estimate of drug-likeness (QED) is 0.637. The number of carbonyl (C=O) groups is 1. The number of fused-ring (bicyclic) bond motifs is 1. The lowest BCUT2D eigenvalue weighted by molar-refractivity contribution is 0.0952. The van der Waals surface area contributed by atoms with Crippen LogP contribution in [0.3, 0.4) is 0 Å². The molecule has 1 heterocycles. The van der Waals surface area contributed by atoms with Crippen LogP contribution in [0.1, 0.15) is 36.2 Å². The van der Waals surface area contributed by atoms with Gasteiger partial charge in [-0.1, -0.05) is 38.1 Å². The van der Waals surface area contributed by atoms with E-state index in [4.69, 9.17) is 12.2 Å². The minimum absolute atomic E-state index is 0.0811. The van der Waals surface area contributed by atoms with E-state index in [1.54, 1.807) is 18.2 Å². The Morgan fingerprint density at radius 2 is 1.85 bits per heavy atom. The molecule has 0 unspecified atom stereocenters. The van der Waals surface area contributed by atoms with Crippen molar-refractivity contribution in [3.63, 3.8) is 0 Å². The van der Waals surface area contributed by atoms with Gasteiger partial charge in [0.15, 0.2) is 4.77 Å². The summed E-state index contributed by atoms with van der Waals surface area (Å²) in [6, 6.07) is 14.6. The largest absolute Gasteiger partial charge is 0.352 e. The second kappa shape index (κ2) is 8.31. The van der Waals surface area contributed by atoms with Gasteiger partial charge in [0.25, 0.3) is 11.5 Å². The molecule has 3 aromatic rings. The zero-order valence-electron chi connectivity index (χ0n) is 15.5. The molecule has 0 saturated heterocycles. The van der Waals surface area contributed by atoms with E-state index in [-0.39, 0.29) is 11.5 Å². The Hall–Kier alpha value is -2.73. The van der Waals surface area contributed by atoms with E-state index in [2.05, 4.69) is 24.1 Å². The smallest absolute Gasteiger partial charge is 0.262 e. The molecular weight excluding hydrogens is 358 g/mol. The van der Waals surface area contributed by atoms with Crippen LogP contribution in [0.4, 0.5) is 0 Å². The number of carbonyl (C=O) groups excluding carboxylic acids is 1. The highest BCUT2D eigenvalue weighted by Crippen LogP contribution is 2.09. The first kappa shape index (κ1) is 19.0. The van der Waals surface area contributed by atoms with E-state index in [1.807, 2.05) is 30.3 Å². The van der Waals surface area contributed by atoms with Crippen molar-refractivity contribution in [2.45, 2.75) is 26.8 Å². The molecule has 6 heteroatoms. The standard InChI is InChI=1S/C21H23N3O2S/c1-14(2)11-12-22-19(25)16-9-7-15(8-10-16)13-24-20(26)17-5-3-4-6-18(17)23-21(24)27/h3-10,14H,11-13H2,1-2H3,(H,22,25)(H,23,27). The first-order chi connectivity index (χ1) is 13.0. The highest BCUT2D eigenvalue weighted by molar-refractivity contribution is 7.71. The van der Waals surface area contributed by atoms with Crippen molar-refractivity contribution < 1.29 is 4.79 Å². The van der Waals surface area contributed by atoms with Gasteiger partial charge in [-0.15, -0.1) is 0 Å². The molecule has 0 saturated carbocycles. The van der Waals surface area contributed by atoms with Crippen molar-refractivity contribution in [3.05, 3.63) is 74.8 Å². The number of hydrogen-bond donors (Lipinski definition) is 2. The maximum Gasteiger partial charge on any atom is 0.262 e. The van der Waals surface area contributed by atoms with Crippen molar-refractivity contribution in [1.82, 2.24) is 14.9 Å². The molecule has 1 amide bonds. The van der Waals surface area contributed by atoms with E-state index in [0.29, 0.717) is 34.7 Å². The number of nitrogens with one attached hydrogen (secondary N) is 2. The van der Waals surface area contributed by atoms with Crippen molar-refractivity contribution in [2.24, 2.45) is 5.92 Å². The highest BCUT2D eigenvalue weighted by atomic mass is 32.1. The zero-order valence-corrected chi connectivity index (χ0v) is 16.3. The number of rotatable bonds is 6. The average Bonchev–Trinajstić information content (AvgIpc) is 2.65. The summed E-state index contributed by atoms with van der Waals surface area (Å²) in [7, 11) is 0. The molecule has 0 fully saturated rings. The van der Waals surface area contributed by atoms with E-state index in [0.717, 1.165) is 17.5 Å². The van der Waals surface area contributed by atoms with Gasteiger partial charge in [0.05, 0.1) is 17.4 Å². The van der Waals surface area contributed by atoms with E-state index < -0.39 is 0 Å². The normalized spacial score (nSPS) is 11.1. The summed E-state index contributed by atoms with van der Waals surface area (Å²) in [5, 5.41) is 3.53. The fraction of sp³-hybridized carbons (Fsp3) is 0.286. The van der Waals surface area contributed by atoms with Crippen molar-refractivity contribution in [1.29, 1.82) is 0 Å². The fourth-order valence-electron chi connectivity index (χ4n) is 2.86. The number of benzene rings is 2. The monoisotopic (exact) mass is 381 g/mol. The highest BCUT2D eigenvalue weighted by Gasteiger charge is 2.08. The van der Waals surface area contributed by atoms with Gasteiger partial charge in [0, 0.05) is 12.1 Å². The van der Waals surface area contributed by atoms with Crippen LogP contribution in [-0.4, -0.2) is 22.0 Å². The Balaban J connectivity index is 1.77. The van der Waals surface area contributed by atoms with E-state index in [1.165, 1.54) is 4.57 Å². The third kappa shape index (κ3) is 4.52. The van der Waals surface area contributed by atoms with Crippen LogP contribution in [-0.2, 0) is 6.54 Å². The summed E-state index contributed by atoms with van der Waals surface area (Å²) in [5.41, 5.74) is 2.13. The molecule has 2 N–H and O–H groups in total. The Bertz CT molecular complexity index is 1070. The molecule has 0 radical (unpaired) electrons. The molecular formula is C21H23N3O2S. The molecule has 3 rings (SSSR count). The van der Waals surface area contributed by atoms with Gasteiger partial charge >= 0.3 is 0 Å². The maximum absolute atomic E-state index is 12.7. The van der Waals surface area contributed by atoms with Gasteiger partial charge in [0.2, 0.25) is 0 Å². The maximum atomic E-state index is 12.7. The molecule has 1 aromatic heterocycles. The molecule has 0 aliphatic carbocycles. The van der Waals surface area contributed by atoms with Crippen molar-refractivity contribution >= 4 is 29.0 Å². The lowest BCUT2D eigenvalue weighted by atomic mass is 10.1. The summed E-state index contributed by atoms with van der Waals surface area (Å²) >= 11 is 5.35. The van der Waals surface area contributed by atoms with Gasteiger partial charge in [0.1, 0.15) is 0 Å². The van der Waals surface area contributed by atoms with Crippen LogP contribution in [0.2, 0.25) is 0 Å². The molecule has 0 spiro atoms. The predicted octanol–water partition coefficient (Wildman–Crippen LogP) is 3.88. The number of aromatic amines is 1. The van der Waals surface area contributed by atoms with Gasteiger partial charge in [-0.3, -0.25) is 14.2 Å². The topological polar surface area (TPSA) is 66.9 Å². The number of amides is 1. The van der Waals surface area contributed by atoms with Crippen molar-refractivity contribution in [3.8, 4) is 0 Å². The first-order valence-electron chi connectivity index (χ1n) is 9.04. The Morgan fingerprint density at radius 3 is 2.56 bits per heavy atom. The van der Waals surface area contributed by atoms with Gasteiger partial charge in [-0.25, -0.2) is 0 Å². The molecule has 140 valence electrons. The Labute approximate surface area is 163 Å². The van der Waals surface area contributed by atoms with Gasteiger partial charge in [-0.2, -0.15) is 0 Å². The lowest BCUT2D eigenvalue weighted by Crippen LogP contribution is -2.25. The lowest BCUT2D eigenvalue weighted by Gasteiger charge is -2.10. The summed E-state index contributed by atoms with van der Waals surface area (Å²) < 4.78 is 1.92. The molecule has 0 bridgehead atoms. The molecule has 5 nitrogen and oxygen atoms in total. The van der Waals surface area contributed by atoms with Crippen molar-refractivity contribution in [2.75, 3.05) is 6.54 Å². The number of H-pyrrole nitrogens is 1. The van der Waals surface area contributed by atoms with Crippen LogP contribution in [0.5, 0.6) is 0 Å². The zero-order chi connectivity index (χ0) is 19.4. The molecule has 2 aromatic carbocycles. The van der Waals surface area contributed by atoms with Gasteiger partial charge in [-0.05, 0) is 54.4 Å². The number of aromatic nitrogens is 2. The second-order valence-electron chi connectivity index (χ2n) is 7.00. The average molecular weight is 382 g/mol. The third-order valence-corrected chi connectivity index (χ3v) is 4.78. The first-order valence-corrected chi connectivity index (χ1v) is 9.45. The minimum atomic E-state index is -0.121. The van der Waals surface area contributed by atoms with Crippen LogP contribution >= 0.6 is 12.2 Å². The predicted molar refractivity (Wildman–Crippen MR) is 111 cm³/mol. The Kier molecular flexibility index (Phi) is 5.86. The Morgan fingerprint density at radius 1 is 1.15 bits per heavy atom. The van der Waals surface area contributed by atoms with Gasteiger partial charge < -0.3 is 10.3 Å². The SMILES string of the molecule is CC(C)CCNC(=O)c1ccc(Cn2c(=S)[nH]c3ccccc3c2=O)cc1. The molecule has 0 aliphatic rings. The van der Waals surface area contributed by atoms with E-state index in [9.17, 15) is 9.59 Å². The third-order valence-electron chi connectivity index (χ3n) is 4.45. The number of hydrogen-bond acceptors (Lipinski definition) is 3.